The van der Waals surface area contributed by atoms with Crippen LogP contribution in [0.3, 0.4) is 0 Å². The number of fused-ring (bicyclic) bond motifs is 1. The molecular formula is C26H25N3O4. The molecule has 0 aliphatic carbocycles. The van der Waals surface area contributed by atoms with Crippen LogP contribution >= 0.6 is 0 Å². The summed E-state index contributed by atoms with van der Waals surface area (Å²) in [5.74, 6) is 0.828. The number of hydrogen-bond donors (Lipinski definition) is 1. The molecule has 168 valence electrons. The summed E-state index contributed by atoms with van der Waals surface area (Å²) in [6, 6.07) is 21.5. The van der Waals surface area contributed by atoms with Crippen molar-refractivity contribution in [2.75, 3.05) is 21.3 Å². The van der Waals surface area contributed by atoms with Gasteiger partial charge in [-0.2, -0.15) is 5.10 Å². The van der Waals surface area contributed by atoms with Gasteiger partial charge < -0.3 is 18.8 Å². The number of hydrogen-bond acceptors (Lipinski definition) is 5. The lowest BCUT2D eigenvalue weighted by atomic mass is 10.1. The lowest BCUT2D eigenvalue weighted by Gasteiger charge is -2.13. The Kier molecular flexibility index (Phi) is 6.59. The Morgan fingerprint density at radius 3 is 2.27 bits per heavy atom. The van der Waals surface area contributed by atoms with Crippen molar-refractivity contribution < 1.29 is 19.0 Å². The fourth-order valence-corrected chi connectivity index (χ4v) is 3.73. The molecule has 0 saturated heterocycles. The van der Waals surface area contributed by atoms with Crippen LogP contribution < -0.4 is 19.6 Å². The van der Waals surface area contributed by atoms with Crippen LogP contribution in [-0.2, 0) is 6.54 Å². The number of methoxy groups -OCH3 is 3. The minimum Gasteiger partial charge on any atom is -0.493 e. The van der Waals surface area contributed by atoms with Gasteiger partial charge >= 0.3 is 0 Å². The Morgan fingerprint density at radius 1 is 0.939 bits per heavy atom. The quantitative estimate of drug-likeness (QED) is 0.322. The monoisotopic (exact) mass is 443 g/mol. The number of nitrogens with one attached hydrogen (secondary N) is 1. The first-order valence-corrected chi connectivity index (χ1v) is 10.4. The molecule has 1 heterocycles. The Labute approximate surface area is 192 Å². The molecule has 0 bridgehead atoms. The van der Waals surface area contributed by atoms with Crippen molar-refractivity contribution in [2.45, 2.75) is 6.54 Å². The van der Waals surface area contributed by atoms with Crippen molar-refractivity contribution in [1.29, 1.82) is 0 Å². The van der Waals surface area contributed by atoms with Crippen LogP contribution in [0.25, 0.3) is 10.9 Å². The largest absolute Gasteiger partial charge is 0.493 e. The molecule has 7 heteroatoms. The molecule has 0 fully saturated rings. The SMILES string of the molecule is COc1cc(C(=O)N/N=C/c2cn(Cc3ccccc3)c3ccccc23)cc(OC)c1OC. The first kappa shape index (κ1) is 22.0. The van der Waals surface area contributed by atoms with Gasteiger partial charge in [0, 0.05) is 34.8 Å². The zero-order chi connectivity index (χ0) is 23.2. The number of rotatable bonds is 8. The molecule has 7 nitrogen and oxygen atoms in total. The average molecular weight is 444 g/mol. The number of carbonyl (C=O) groups is 1. The van der Waals surface area contributed by atoms with Crippen LogP contribution in [0.2, 0.25) is 0 Å². The lowest BCUT2D eigenvalue weighted by molar-refractivity contribution is 0.0954. The molecule has 1 amide bonds. The number of nitrogens with zero attached hydrogens (tertiary/aromatic N) is 2. The van der Waals surface area contributed by atoms with Gasteiger partial charge in [0.25, 0.3) is 5.91 Å². The van der Waals surface area contributed by atoms with E-state index in [9.17, 15) is 4.79 Å². The highest BCUT2D eigenvalue weighted by atomic mass is 16.5. The zero-order valence-electron chi connectivity index (χ0n) is 18.7. The van der Waals surface area contributed by atoms with Gasteiger partial charge in [-0.25, -0.2) is 5.43 Å². The maximum absolute atomic E-state index is 12.7. The van der Waals surface area contributed by atoms with Crippen LogP contribution in [0.1, 0.15) is 21.5 Å². The number of ether oxygens (including phenoxy) is 3. The minimum atomic E-state index is -0.390. The summed E-state index contributed by atoms with van der Waals surface area (Å²) < 4.78 is 18.1. The second-order valence-corrected chi connectivity index (χ2v) is 7.33. The summed E-state index contributed by atoms with van der Waals surface area (Å²) in [6.07, 6.45) is 3.69. The molecule has 1 N–H and O–H groups in total. The average Bonchev–Trinajstić information content (AvgIpc) is 3.20. The lowest BCUT2D eigenvalue weighted by Crippen LogP contribution is -2.18. The number of carbonyl (C=O) groups excluding carboxylic acids is 1. The molecule has 0 unspecified atom stereocenters. The van der Waals surface area contributed by atoms with E-state index in [2.05, 4.69) is 33.3 Å². The second-order valence-electron chi connectivity index (χ2n) is 7.33. The molecule has 0 spiro atoms. The van der Waals surface area contributed by atoms with E-state index in [1.54, 1.807) is 18.3 Å². The standard InChI is InChI=1S/C26H25N3O4/c1-31-23-13-19(14-24(32-2)25(23)33-3)26(30)28-27-15-20-17-29(16-18-9-5-4-6-10-18)22-12-8-7-11-21(20)22/h4-15,17H,16H2,1-3H3,(H,28,30)/b27-15+. The molecule has 0 aliphatic rings. The first-order valence-electron chi connectivity index (χ1n) is 10.4. The summed E-state index contributed by atoms with van der Waals surface area (Å²) in [6.45, 7) is 0.743. The van der Waals surface area contributed by atoms with Gasteiger partial charge in [-0.3, -0.25) is 4.79 Å². The predicted octanol–water partition coefficient (Wildman–Crippen LogP) is 4.48. The van der Waals surface area contributed by atoms with E-state index in [4.69, 9.17) is 14.2 Å². The smallest absolute Gasteiger partial charge is 0.271 e. The molecular weight excluding hydrogens is 418 g/mol. The van der Waals surface area contributed by atoms with Crippen molar-refractivity contribution in [2.24, 2.45) is 5.10 Å². The Balaban J connectivity index is 1.56. The molecule has 1 aromatic heterocycles. The Morgan fingerprint density at radius 2 is 1.61 bits per heavy atom. The van der Waals surface area contributed by atoms with Crippen LogP contribution in [0.15, 0.2) is 78.0 Å². The first-order chi connectivity index (χ1) is 16.1. The number of amides is 1. The molecule has 33 heavy (non-hydrogen) atoms. The van der Waals surface area contributed by atoms with Gasteiger partial charge in [-0.05, 0) is 23.8 Å². The molecule has 3 aromatic carbocycles. The highest BCUT2D eigenvalue weighted by Gasteiger charge is 2.16. The Hall–Kier alpha value is -4.26. The third kappa shape index (κ3) is 4.67. The second kappa shape index (κ2) is 9.91. The predicted molar refractivity (Wildman–Crippen MR) is 129 cm³/mol. The summed E-state index contributed by atoms with van der Waals surface area (Å²) in [7, 11) is 4.52. The molecule has 0 aliphatic heterocycles. The van der Waals surface area contributed by atoms with E-state index in [-0.39, 0.29) is 0 Å². The van der Waals surface area contributed by atoms with Crippen LogP contribution in [0.4, 0.5) is 0 Å². The highest BCUT2D eigenvalue weighted by Crippen LogP contribution is 2.38. The fourth-order valence-electron chi connectivity index (χ4n) is 3.73. The van der Waals surface area contributed by atoms with Crippen molar-refractivity contribution in [3.63, 3.8) is 0 Å². The van der Waals surface area contributed by atoms with E-state index < -0.39 is 5.91 Å². The molecule has 0 atom stereocenters. The third-order valence-electron chi connectivity index (χ3n) is 5.31. The molecule has 0 saturated carbocycles. The molecule has 4 aromatic rings. The van der Waals surface area contributed by atoms with Crippen molar-refractivity contribution in [1.82, 2.24) is 9.99 Å². The van der Waals surface area contributed by atoms with Crippen molar-refractivity contribution in [3.8, 4) is 17.2 Å². The summed E-state index contributed by atoms with van der Waals surface area (Å²) in [5.41, 5.74) is 6.13. The highest BCUT2D eigenvalue weighted by molar-refractivity contribution is 6.01. The van der Waals surface area contributed by atoms with Gasteiger partial charge in [0.2, 0.25) is 5.75 Å². The van der Waals surface area contributed by atoms with E-state index >= 15 is 0 Å². The van der Waals surface area contributed by atoms with Crippen molar-refractivity contribution >= 4 is 23.0 Å². The maximum Gasteiger partial charge on any atom is 0.271 e. The summed E-state index contributed by atoms with van der Waals surface area (Å²) in [5, 5.41) is 5.25. The number of hydrazone groups is 1. The topological polar surface area (TPSA) is 74.1 Å². The number of aromatic nitrogens is 1. The third-order valence-corrected chi connectivity index (χ3v) is 5.31. The van der Waals surface area contributed by atoms with Gasteiger partial charge in [-0.1, -0.05) is 48.5 Å². The van der Waals surface area contributed by atoms with E-state index in [0.717, 1.165) is 23.0 Å². The van der Waals surface area contributed by atoms with E-state index in [0.29, 0.717) is 22.8 Å². The Bertz CT molecular complexity index is 1270. The molecule has 0 radical (unpaired) electrons. The van der Waals surface area contributed by atoms with Crippen LogP contribution in [0.5, 0.6) is 17.2 Å². The minimum absolute atomic E-state index is 0.341. The normalized spacial score (nSPS) is 11.0. The van der Waals surface area contributed by atoms with Crippen molar-refractivity contribution in [3.05, 3.63) is 89.6 Å². The number of benzene rings is 3. The van der Waals surface area contributed by atoms with Gasteiger partial charge in [0.15, 0.2) is 11.5 Å². The zero-order valence-corrected chi connectivity index (χ0v) is 18.7. The van der Waals surface area contributed by atoms with Gasteiger partial charge in [-0.15, -0.1) is 0 Å². The summed E-state index contributed by atoms with van der Waals surface area (Å²) in [4.78, 5) is 12.7. The van der Waals surface area contributed by atoms with Crippen LogP contribution in [0, 0.1) is 0 Å². The summed E-state index contributed by atoms with van der Waals surface area (Å²) >= 11 is 0. The fraction of sp³-hybridized carbons (Fsp3) is 0.154. The number of para-hydroxylation sites is 1. The van der Waals surface area contributed by atoms with Crippen LogP contribution in [-0.4, -0.2) is 38.0 Å². The van der Waals surface area contributed by atoms with Gasteiger partial charge in [0.1, 0.15) is 0 Å². The maximum atomic E-state index is 12.7. The molecule has 4 rings (SSSR count). The van der Waals surface area contributed by atoms with Gasteiger partial charge in [0.05, 0.1) is 27.5 Å². The van der Waals surface area contributed by atoms with E-state index in [1.165, 1.54) is 26.9 Å². The van der Waals surface area contributed by atoms with E-state index in [1.807, 2.05) is 42.6 Å².